The molecule has 0 aliphatic carbocycles. The van der Waals surface area contributed by atoms with Gasteiger partial charge in [0.15, 0.2) is 4.80 Å². The molecule has 0 aliphatic heterocycles. The van der Waals surface area contributed by atoms with Gasteiger partial charge in [-0.1, -0.05) is 39.8 Å². The third kappa shape index (κ3) is 5.70. The number of nitro groups is 1. The van der Waals surface area contributed by atoms with Gasteiger partial charge in [-0.2, -0.15) is 0 Å². The lowest BCUT2D eigenvalue weighted by Crippen LogP contribution is -2.20. The second-order valence-corrected chi connectivity index (χ2v) is 9.59. The van der Waals surface area contributed by atoms with Gasteiger partial charge in [0.2, 0.25) is 0 Å². The van der Waals surface area contributed by atoms with Crippen LogP contribution in [-0.2, 0) is 0 Å². The molecule has 0 spiro atoms. The first-order valence-electron chi connectivity index (χ1n) is 10.9. The predicted molar refractivity (Wildman–Crippen MR) is 129 cm³/mol. The fourth-order valence-corrected chi connectivity index (χ4v) is 4.56. The average molecular weight is 438 g/mol. The van der Waals surface area contributed by atoms with Gasteiger partial charge in [0, 0.05) is 23.6 Å². The van der Waals surface area contributed by atoms with Crippen molar-refractivity contribution >= 4 is 22.7 Å². The highest BCUT2D eigenvalue weighted by Gasteiger charge is 2.16. The molecule has 5 nitrogen and oxygen atoms in total. The second kappa shape index (κ2) is 10.1. The third-order valence-electron chi connectivity index (χ3n) is 5.50. The van der Waals surface area contributed by atoms with Crippen LogP contribution in [0.4, 0.5) is 11.4 Å². The summed E-state index contributed by atoms with van der Waals surface area (Å²) in [6, 6.07) is 15.5. The van der Waals surface area contributed by atoms with E-state index in [2.05, 4.69) is 68.8 Å². The van der Waals surface area contributed by atoms with Crippen molar-refractivity contribution < 1.29 is 4.92 Å². The Kier molecular flexibility index (Phi) is 7.44. The number of aromatic nitrogens is 1. The fourth-order valence-electron chi connectivity index (χ4n) is 3.54. The van der Waals surface area contributed by atoms with Crippen molar-refractivity contribution in [3.8, 4) is 11.3 Å². The molecule has 0 N–H and O–H groups in total. The number of non-ortho nitro benzene ring substituents is 1. The van der Waals surface area contributed by atoms with Crippen LogP contribution in [0.1, 0.15) is 65.0 Å². The van der Waals surface area contributed by atoms with E-state index >= 15 is 0 Å². The van der Waals surface area contributed by atoms with Crippen molar-refractivity contribution in [1.29, 1.82) is 0 Å². The smallest absolute Gasteiger partial charge is 0.269 e. The van der Waals surface area contributed by atoms with E-state index in [1.165, 1.54) is 5.56 Å². The third-order valence-corrected chi connectivity index (χ3v) is 6.34. The van der Waals surface area contributed by atoms with E-state index in [4.69, 9.17) is 4.99 Å². The minimum Gasteiger partial charge on any atom is -0.314 e. The number of thiazole rings is 1. The molecule has 0 fully saturated rings. The molecule has 6 heteroatoms. The number of rotatable bonds is 8. The van der Waals surface area contributed by atoms with Gasteiger partial charge in [0.25, 0.3) is 5.69 Å². The van der Waals surface area contributed by atoms with Crippen LogP contribution in [0.15, 0.2) is 58.9 Å². The maximum Gasteiger partial charge on any atom is 0.269 e. The zero-order chi connectivity index (χ0) is 22.5. The van der Waals surface area contributed by atoms with Crippen LogP contribution in [0.25, 0.3) is 11.3 Å². The van der Waals surface area contributed by atoms with Crippen molar-refractivity contribution in [1.82, 2.24) is 4.57 Å². The minimum atomic E-state index is -0.363. The van der Waals surface area contributed by atoms with E-state index in [9.17, 15) is 10.1 Å². The van der Waals surface area contributed by atoms with Crippen LogP contribution < -0.4 is 4.80 Å². The van der Waals surface area contributed by atoms with E-state index in [1.807, 2.05) is 12.1 Å². The Labute approximate surface area is 188 Å². The monoisotopic (exact) mass is 437 g/mol. The van der Waals surface area contributed by atoms with Crippen LogP contribution in [-0.4, -0.2) is 9.49 Å². The van der Waals surface area contributed by atoms with Crippen LogP contribution in [0.3, 0.4) is 0 Å². The Morgan fingerprint density at radius 1 is 0.968 bits per heavy atom. The van der Waals surface area contributed by atoms with E-state index < -0.39 is 0 Å². The van der Waals surface area contributed by atoms with Crippen molar-refractivity contribution in [2.24, 2.45) is 10.9 Å². The first kappa shape index (κ1) is 22.9. The summed E-state index contributed by atoms with van der Waals surface area (Å²) in [5.74, 6) is 1.12. The van der Waals surface area contributed by atoms with Gasteiger partial charge < -0.3 is 4.57 Å². The van der Waals surface area contributed by atoms with Crippen molar-refractivity contribution in [2.75, 3.05) is 0 Å². The molecule has 0 bridgehead atoms. The van der Waals surface area contributed by atoms with E-state index in [-0.39, 0.29) is 16.7 Å². The molecular weight excluding hydrogens is 406 g/mol. The molecule has 0 saturated heterocycles. The standard InChI is InChI=1S/C25H31N3O2S/c1-17(2)6-7-19(5)27-24(21-10-14-23(15-11-21)28(29)30)16-31-25(27)26-22-12-8-20(9-13-22)18(3)4/h8-19H,6-7H2,1-5H3. The zero-order valence-electron chi connectivity index (χ0n) is 18.9. The average Bonchev–Trinajstić information content (AvgIpc) is 3.16. The predicted octanol–water partition coefficient (Wildman–Crippen LogP) is 7.48. The van der Waals surface area contributed by atoms with Crippen LogP contribution in [0, 0.1) is 16.0 Å². The molecule has 0 radical (unpaired) electrons. The highest BCUT2D eigenvalue weighted by Crippen LogP contribution is 2.28. The number of nitro benzene ring substituents is 1. The highest BCUT2D eigenvalue weighted by molar-refractivity contribution is 7.07. The molecule has 1 aromatic heterocycles. The normalized spacial score (nSPS) is 13.2. The zero-order valence-corrected chi connectivity index (χ0v) is 19.7. The van der Waals surface area contributed by atoms with Gasteiger partial charge in [-0.15, -0.1) is 11.3 Å². The summed E-state index contributed by atoms with van der Waals surface area (Å²) < 4.78 is 2.28. The summed E-state index contributed by atoms with van der Waals surface area (Å²) in [6.45, 7) is 11.1. The summed E-state index contributed by atoms with van der Waals surface area (Å²) in [6.07, 6.45) is 2.18. The molecule has 0 aliphatic rings. The molecule has 1 heterocycles. The topological polar surface area (TPSA) is 60.4 Å². The summed E-state index contributed by atoms with van der Waals surface area (Å²) in [4.78, 5) is 16.6. The number of hydrogen-bond donors (Lipinski definition) is 0. The molecule has 164 valence electrons. The first-order chi connectivity index (χ1) is 14.8. The van der Waals surface area contributed by atoms with Crippen LogP contribution in [0.2, 0.25) is 0 Å². The Morgan fingerprint density at radius 2 is 1.61 bits per heavy atom. The number of nitrogens with zero attached hydrogens (tertiary/aromatic N) is 3. The maximum atomic E-state index is 11.0. The summed E-state index contributed by atoms with van der Waals surface area (Å²) in [5, 5.41) is 13.1. The van der Waals surface area contributed by atoms with Gasteiger partial charge in [-0.25, -0.2) is 4.99 Å². The van der Waals surface area contributed by atoms with E-state index in [0.29, 0.717) is 11.8 Å². The van der Waals surface area contributed by atoms with Gasteiger partial charge in [-0.3, -0.25) is 10.1 Å². The molecule has 31 heavy (non-hydrogen) atoms. The molecule has 1 atom stereocenters. The lowest BCUT2D eigenvalue weighted by atomic mass is 10.0. The van der Waals surface area contributed by atoms with Gasteiger partial charge in [0.05, 0.1) is 16.3 Å². The Morgan fingerprint density at radius 3 is 2.16 bits per heavy atom. The quantitative estimate of drug-likeness (QED) is 0.271. The SMILES string of the molecule is CC(C)CCC(C)n1c(-c2ccc([N+](=O)[O-])cc2)csc1=Nc1ccc(C(C)C)cc1. The Hall–Kier alpha value is -2.73. The lowest BCUT2D eigenvalue weighted by molar-refractivity contribution is -0.384. The Bertz CT molecular complexity index is 1080. The van der Waals surface area contributed by atoms with Crippen molar-refractivity contribution in [3.05, 3.63) is 74.4 Å². The number of hydrogen-bond acceptors (Lipinski definition) is 4. The lowest BCUT2D eigenvalue weighted by Gasteiger charge is -2.18. The van der Waals surface area contributed by atoms with E-state index in [0.717, 1.165) is 34.6 Å². The highest BCUT2D eigenvalue weighted by atomic mass is 32.1. The molecular formula is C25H31N3O2S. The molecule has 0 amide bonds. The summed E-state index contributed by atoms with van der Waals surface area (Å²) in [7, 11) is 0. The molecule has 2 aromatic carbocycles. The van der Waals surface area contributed by atoms with Gasteiger partial charge in [-0.05, 0) is 67.0 Å². The van der Waals surface area contributed by atoms with Crippen molar-refractivity contribution in [3.63, 3.8) is 0 Å². The molecule has 3 aromatic rings. The maximum absolute atomic E-state index is 11.0. The fraction of sp³-hybridized carbons (Fsp3) is 0.400. The molecule has 3 rings (SSSR count). The van der Waals surface area contributed by atoms with Gasteiger partial charge in [0.1, 0.15) is 0 Å². The molecule has 0 saturated carbocycles. The first-order valence-corrected chi connectivity index (χ1v) is 11.7. The van der Waals surface area contributed by atoms with Crippen molar-refractivity contribution in [2.45, 2.75) is 59.4 Å². The summed E-state index contributed by atoms with van der Waals surface area (Å²) in [5.41, 5.74) is 4.36. The number of benzene rings is 2. The molecule has 1 unspecified atom stereocenters. The summed E-state index contributed by atoms with van der Waals surface area (Å²) >= 11 is 1.61. The van der Waals surface area contributed by atoms with Crippen LogP contribution >= 0.6 is 11.3 Å². The Balaban J connectivity index is 2.05. The van der Waals surface area contributed by atoms with E-state index in [1.54, 1.807) is 23.5 Å². The van der Waals surface area contributed by atoms with Gasteiger partial charge >= 0.3 is 0 Å². The second-order valence-electron chi connectivity index (χ2n) is 8.76. The largest absolute Gasteiger partial charge is 0.314 e. The van der Waals surface area contributed by atoms with Crippen LogP contribution in [0.5, 0.6) is 0 Å². The minimum absolute atomic E-state index is 0.105.